The third kappa shape index (κ3) is 4.12. The lowest BCUT2D eigenvalue weighted by atomic mass is 10.3. The van der Waals surface area contributed by atoms with Crippen LogP contribution < -0.4 is 4.18 Å². The number of aromatic nitrogens is 1. The molecule has 0 bridgehead atoms. The van der Waals surface area contributed by atoms with Crippen molar-refractivity contribution in [2.45, 2.75) is 18.2 Å². The molecule has 0 saturated carbocycles. The van der Waals surface area contributed by atoms with E-state index in [9.17, 15) is 18.6 Å². The predicted octanol–water partition coefficient (Wildman–Crippen LogP) is 2.66. The maximum Gasteiger partial charge on any atom is 0.448 e. The number of thioether (sulfide) groups is 1. The number of aromatic hydroxyl groups is 2. The highest BCUT2D eigenvalue weighted by atomic mass is 32.3. The van der Waals surface area contributed by atoms with Gasteiger partial charge in [0.25, 0.3) is 0 Å². The molecular formula is C14H17NO6S2. The fraction of sp³-hybridized carbons (Fsp3) is 0.286. The summed E-state index contributed by atoms with van der Waals surface area (Å²) in [4.78, 5) is 0.542. The fourth-order valence-corrected chi connectivity index (χ4v) is 3.10. The van der Waals surface area contributed by atoms with Crippen LogP contribution in [0, 0.1) is 0 Å². The zero-order valence-electron chi connectivity index (χ0n) is 12.6. The molecule has 0 amide bonds. The lowest BCUT2D eigenvalue weighted by molar-refractivity contribution is 0.330. The van der Waals surface area contributed by atoms with E-state index in [1.165, 1.54) is 40.6 Å². The zero-order chi connectivity index (χ0) is 17.0. The zero-order valence-corrected chi connectivity index (χ0v) is 14.2. The van der Waals surface area contributed by atoms with Crippen LogP contribution in [0.25, 0.3) is 5.69 Å². The molecule has 1 heterocycles. The summed E-state index contributed by atoms with van der Waals surface area (Å²) < 4.78 is 32.8. The molecule has 0 aliphatic rings. The van der Waals surface area contributed by atoms with Gasteiger partial charge in [-0.3, -0.25) is 4.57 Å². The minimum absolute atomic E-state index is 0.000360. The Morgan fingerprint density at radius 2 is 2.00 bits per heavy atom. The Bertz CT molecular complexity index is 785. The van der Waals surface area contributed by atoms with E-state index in [4.69, 9.17) is 4.18 Å². The molecule has 0 unspecified atom stereocenters. The van der Waals surface area contributed by atoms with Crippen molar-refractivity contribution < 1.29 is 27.0 Å². The van der Waals surface area contributed by atoms with Gasteiger partial charge in [-0.1, -0.05) is 13.0 Å². The van der Waals surface area contributed by atoms with Gasteiger partial charge in [0.15, 0.2) is 5.88 Å². The van der Waals surface area contributed by atoms with E-state index in [1.54, 1.807) is 6.07 Å². The molecule has 0 atom stereocenters. The quantitative estimate of drug-likeness (QED) is 0.733. The van der Waals surface area contributed by atoms with Crippen LogP contribution in [-0.2, 0) is 14.6 Å². The molecule has 23 heavy (non-hydrogen) atoms. The second-order valence-corrected chi connectivity index (χ2v) is 6.98. The summed E-state index contributed by atoms with van der Waals surface area (Å²) >= 11 is 1.42. The fourth-order valence-electron chi connectivity index (χ4n) is 1.86. The van der Waals surface area contributed by atoms with Crippen molar-refractivity contribution in [1.29, 1.82) is 0 Å². The van der Waals surface area contributed by atoms with E-state index in [1.807, 2.05) is 6.92 Å². The average molecular weight is 359 g/mol. The molecule has 0 aliphatic heterocycles. The van der Waals surface area contributed by atoms with Crippen molar-refractivity contribution in [3.05, 3.63) is 30.3 Å². The summed E-state index contributed by atoms with van der Waals surface area (Å²) in [6.07, 6.45) is 0.925. The van der Waals surface area contributed by atoms with Crippen LogP contribution >= 0.6 is 11.8 Å². The Balaban J connectivity index is 2.38. The molecule has 0 aliphatic carbocycles. The highest BCUT2D eigenvalue weighted by molar-refractivity contribution is 7.99. The van der Waals surface area contributed by atoms with E-state index >= 15 is 0 Å². The van der Waals surface area contributed by atoms with E-state index < -0.39 is 10.4 Å². The second-order valence-electron chi connectivity index (χ2n) is 4.53. The van der Waals surface area contributed by atoms with Crippen LogP contribution in [0.3, 0.4) is 0 Å². The van der Waals surface area contributed by atoms with Crippen LogP contribution in [0.1, 0.15) is 13.3 Å². The molecule has 2 aromatic rings. The van der Waals surface area contributed by atoms with Gasteiger partial charge >= 0.3 is 10.4 Å². The van der Waals surface area contributed by atoms with Crippen LogP contribution in [0.15, 0.2) is 35.2 Å². The smallest absolute Gasteiger partial charge is 0.448 e. The molecule has 0 radical (unpaired) electrons. The van der Waals surface area contributed by atoms with Crippen molar-refractivity contribution in [2.24, 2.45) is 0 Å². The minimum atomic E-state index is -4.14. The van der Waals surface area contributed by atoms with E-state index in [0.717, 1.165) is 19.3 Å². The molecule has 2 rings (SSSR count). The number of nitrogens with zero attached hydrogens (tertiary/aromatic N) is 1. The Morgan fingerprint density at radius 1 is 1.26 bits per heavy atom. The van der Waals surface area contributed by atoms with Gasteiger partial charge in [0, 0.05) is 12.1 Å². The van der Waals surface area contributed by atoms with Crippen molar-refractivity contribution >= 4 is 22.2 Å². The van der Waals surface area contributed by atoms with E-state index in [0.29, 0.717) is 10.6 Å². The molecule has 1 aromatic carbocycles. The first kappa shape index (κ1) is 17.5. The molecule has 9 heteroatoms. The maximum atomic E-state index is 11.3. The summed E-state index contributed by atoms with van der Waals surface area (Å²) in [7, 11) is -3.15. The third-order valence-electron chi connectivity index (χ3n) is 2.86. The molecule has 7 nitrogen and oxygen atoms in total. The first-order chi connectivity index (χ1) is 10.9. The minimum Gasteiger partial charge on any atom is -0.494 e. The normalized spacial score (nSPS) is 11.6. The van der Waals surface area contributed by atoms with Crippen LogP contribution in [-0.4, -0.2) is 36.1 Å². The Kier molecular flexibility index (Phi) is 5.45. The Hall–Kier alpha value is -1.84. The number of benzene rings is 1. The van der Waals surface area contributed by atoms with Gasteiger partial charge in [0.1, 0.15) is 5.75 Å². The summed E-state index contributed by atoms with van der Waals surface area (Å²) in [6, 6.07) is 7.37. The molecule has 0 saturated heterocycles. The van der Waals surface area contributed by atoms with Gasteiger partial charge in [0.2, 0.25) is 5.88 Å². The first-order valence-electron chi connectivity index (χ1n) is 6.75. The number of hydrogen-bond donors (Lipinski definition) is 2. The predicted molar refractivity (Wildman–Crippen MR) is 86.7 cm³/mol. The summed E-state index contributed by atoms with van der Waals surface area (Å²) in [5.41, 5.74) is 0.354. The molecule has 1 aromatic heterocycles. The largest absolute Gasteiger partial charge is 0.494 e. The van der Waals surface area contributed by atoms with Crippen LogP contribution in [0.5, 0.6) is 17.5 Å². The van der Waals surface area contributed by atoms with Gasteiger partial charge in [-0.2, -0.15) is 8.42 Å². The summed E-state index contributed by atoms with van der Waals surface area (Å²) in [6.45, 7) is 2.01. The van der Waals surface area contributed by atoms with Gasteiger partial charge in [-0.05, 0) is 24.3 Å². The molecular weight excluding hydrogens is 342 g/mol. The third-order valence-corrected chi connectivity index (χ3v) is 4.89. The molecule has 0 spiro atoms. The van der Waals surface area contributed by atoms with Crippen molar-refractivity contribution in [1.82, 2.24) is 4.57 Å². The van der Waals surface area contributed by atoms with Gasteiger partial charge in [0.05, 0.1) is 17.7 Å². The Morgan fingerprint density at radius 3 is 2.65 bits per heavy atom. The lowest BCUT2D eigenvalue weighted by Gasteiger charge is -2.09. The van der Waals surface area contributed by atoms with Crippen LogP contribution in [0.2, 0.25) is 0 Å². The standard InChI is InChI=1S/C14H17NO6S2/c1-3-7-22-12-9-13(16)15(14(12)17)10-5-4-6-11(8-10)21-23(18,19)20-2/h4-6,8-9,16-17H,3,7H2,1-2H3. The molecule has 126 valence electrons. The lowest BCUT2D eigenvalue weighted by Crippen LogP contribution is -2.10. The van der Waals surface area contributed by atoms with Gasteiger partial charge in [-0.15, -0.1) is 11.8 Å². The van der Waals surface area contributed by atoms with Crippen molar-refractivity contribution in [2.75, 3.05) is 12.9 Å². The van der Waals surface area contributed by atoms with Crippen molar-refractivity contribution in [3.8, 4) is 23.2 Å². The average Bonchev–Trinajstić information content (AvgIpc) is 2.79. The van der Waals surface area contributed by atoms with Crippen LogP contribution in [0.4, 0.5) is 0 Å². The summed E-state index contributed by atoms with van der Waals surface area (Å²) in [5.74, 6) is 0.520. The first-order valence-corrected chi connectivity index (χ1v) is 9.06. The summed E-state index contributed by atoms with van der Waals surface area (Å²) in [5, 5.41) is 20.3. The van der Waals surface area contributed by atoms with Crippen molar-refractivity contribution in [3.63, 3.8) is 0 Å². The Labute approximate surface area is 138 Å². The SMILES string of the molecule is CCCSc1cc(O)n(-c2cccc(OS(=O)(=O)OC)c2)c1O. The number of hydrogen-bond acceptors (Lipinski definition) is 7. The highest BCUT2D eigenvalue weighted by Gasteiger charge is 2.17. The number of rotatable bonds is 7. The monoisotopic (exact) mass is 359 g/mol. The topological polar surface area (TPSA) is 98.0 Å². The molecule has 0 fully saturated rings. The van der Waals surface area contributed by atoms with E-state index in [2.05, 4.69) is 4.18 Å². The maximum absolute atomic E-state index is 11.3. The van der Waals surface area contributed by atoms with E-state index in [-0.39, 0.29) is 17.5 Å². The molecule has 2 N–H and O–H groups in total. The highest BCUT2D eigenvalue weighted by Crippen LogP contribution is 2.38. The second kappa shape index (κ2) is 7.16. The van der Waals surface area contributed by atoms with Gasteiger partial charge < -0.3 is 14.4 Å². The van der Waals surface area contributed by atoms with Gasteiger partial charge in [-0.25, -0.2) is 4.18 Å².